The second-order valence-electron chi connectivity index (χ2n) is 10.9. The fraction of sp³-hybridized carbons (Fsp3) is 0.333. The molecule has 3 aromatic heterocycles. The van der Waals surface area contributed by atoms with Gasteiger partial charge in [0, 0.05) is 41.6 Å². The Hall–Kier alpha value is -4.66. The number of carbonyl (C=O) groups excluding carboxylic acids is 1. The Morgan fingerprint density at radius 1 is 0.905 bits per heavy atom. The number of methoxy groups -OCH3 is 3. The number of pyridine rings is 2. The maximum atomic E-state index is 14.3. The summed E-state index contributed by atoms with van der Waals surface area (Å²) in [5.74, 6) is 2.16. The lowest BCUT2D eigenvalue weighted by Crippen LogP contribution is -2.23. The molecule has 0 N–H and O–H groups in total. The Bertz CT molecular complexity index is 1900. The minimum Gasteiger partial charge on any atom is -0.497 e. The molecule has 1 fully saturated rings. The summed E-state index contributed by atoms with van der Waals surface area (Å²) in [6, 6.07) is 11.9. The predicted octanol–water partition coefficient (Wildman–Crippen LogP) is 5.79. The molecule has 6 rings (SSSR count). The highest BCUT2D eigenvalue weighted by Crippen LogP contribution is 2.37. The number of Topliss-reactive ketones (excluding diaryl/α,β-unsaturated/α-hetero) is 1. The molecule has 2 aromatic carbocycles. The molecule has 0 saturated heterocycles. The number of hydrogen-bond acceptors (Lipinski definition) is 7. The van der Waals surface area contributed by atoms with Crippen molar-refractivity contribution in [1.82, 2.24) is 19.3 Å². The van der Waals surface area contributed by atoms with Crippen molar-refractivity contribution in [3.8, 4) is 28.5 Å². The number of aryl methyl sites for hydroxylation is 1. The lowest BCUT2D eigenvalue weighted by atomic mass is 9.94. The maximum Gasteiger partial charge on any atom is 0.262 e. The minimum absolute atomic E-state index is 0.0638. The van der Waals surface area contributed by atoms with Crippen LogP contribution in [0.1, 0.15) is 48.4 Å². The monoisotopic (exact) mass is 566 g/mol. The van der Waals surface area contributed by atoms with Crippen LogP contribution in [0.4, 0.5) is 0 Å². The summed E-state index contributed by atoms with van der Waals surface area (Å²) in [7, 11) is 4.84. The van der Waals surface area contributed by atoms with Gasteiger partial charge in [0.2, 0.25) is 5.88 Å². The number of carbonyl (C=O) groups is 1. The van der Waals surface area contributed by atoms with E-state index in [9.17, 15) is 9.59 Å². The van der Waals surface area contributed by atoms with E-state index in [-0.39, 0.29) is 17.4 Å². The van der Waals surface area contributed by atoms with Crippen molar-refractivity contribution in [3.63, 3.8) is 0 Å². The lowest BCUT2D eigenvalue weighted by Gasteiger charge is -2.23. The molecule has 0 unspecified atom stereocenters. The standard InChI is InChI=1S/C33H34N4O5/c1-19-16-34-32(42-5)20(2)30(19)21-7-13-26-28(14-21)36(18-22-6-12-25(40-3)15-29(22)41-4)33(39)27-17-35-37(31(26)27)23-8-10-24(38)11-9-23/h6-7,12-17,23H,8-11,18H2,1-5H3. The van der Waals surface area contributed by atoms with E-state index in [2.05, 4.69) is 23.2 Å². The molecule has 3 heterocycles. The summed E-state index contributed by atoms with van der Waals surface area (Å²) in [4.78, 5) is 30.7. The third kappa shape index (κ3) is 4.58. The molecule has 5 aromatic rings. The van der Waals surface area contributed by atoms with Crippen molar-refractivity contribution >= 4 is 27.6 Å². The third-order valence-electron chi connectivity index (χ3n) is 8.44. The first-order valence-corrected chi connectivity index (χ1v) is 14.1. The number of aromatic nitrogens is 4. The highest BCUT2D eigenvalue weighted by atomic mass is 16.5. The van der Waals surface area contributed by atoms with Crippen LogP contribution < -0.4 is 19.8 Å². The van der Waals surface area contributed by atoms with Crippen LogP contribution >= 0.6 is 0 Å². The van der Waals surface area contributed by atoms with Crippen molar-refractivity contribution in [2.24, 2.45) is 0 Å². The molecule has 0 spiro atoms. The van der Waals surface area contributed by atoms with Gasteiger partial charge in [-0.15, -0.1) is 0 Å². The van der Waals surface area contributed by atoms with Crippen molar-refractivity contribution in [2.75, 3.05) is 21.3 Å². The van der Waals surface area contributed by atoms with Gasteiger partial charge < -0.3 is 18.8 Å². The van der Waals surface area contributed by atoms with E-state index in [0.29, 0.717) is 42.2 Å². The van der Waals surface area contributed by atoms with Crippen LogP contribution in [0.2, 0.25) is 0 Å². The lowest BCUT2D eigenvalue weighted by molar-refractivity contribution is -0.120. The number of benzene rings is 2. The van der Waals surface area contributed by atoms with Crippen LogP contribution in [0.25, 0.3) is 32.9 Å². The number of rotatable bonds is 7. The molecule has 9 heteroatoms. The molecular formula is C33H34N4O5. The molecule has 9 nitrogen and oxygen atoms in total. The van der Waals surface area contributed by atoms with Crippen LogP contribution in [0.15, 0.2) is 53.6 Å². The summed E-state index contributed by atoms with van der Waals surface area (Å²) in [5.41, 5.74) is 6.22. The Kier molecular flexibility index (Phi) is 7.18. The molecule has 216 valence electrons. The van der Waals surface area contributed by atoms with Crippen molar-refractivity contribution < 1.29 is 19.0 Å². The van der Waals surface area contributed by atoms with Crippen LogP contribution in [-0.4, -0.2) is 46.4 Å². The second kappa shape index (κ2) is 11.0. The van der Waals surface area contributed by atoms with Gasteiger partial charge in [0.25, 0.3) is 5.56 Å². The number of fused-ring (bicyclic) bond motifs is 3. The van der Waals surface area contributed by atoms with E-state index in [4.69, 9.17) is 19.3 Å². The smallest absolute Gasteiger partial charge is 0.262 e. The number of ketones is 1. The number of ether oxygens (including phenoxy) is 3. The molecular weight excluding hydrogens is 532 g/mol. The van der Waals surface area contributed by atoms with Crippen LogP contribution in [0, 0.1) is 13.8 Å². The van der Waals surface area contributed by atoms with E-state index in [1.807, 2.05) is 42.9 Å². The fourth-order valence-electron chi connectivity index (χ4n) is 6.28. The van der Waals surface area contributed by atoms with Gasteiger partial charge in [-0.2, -0.15) is 5.10 Å². The van der Waals surface area contributed by atoms with Gasteiger partial charge in [-0.3, -0.25) is 14.3 Å². The average Bonchev–Trinajstić information content (AvgIpc) is 3.45. The highest BCUT2D eigenvalue weighted by molar-refractivity contribution is 6.05. The highest BCUT2D eigenvalue weighted by Gasteiger charge is 2.25. The normalized spacial score (nSPS) is 14.1. The molecule has 0 aliphatic heterocycles. The zero-order valence-corrected chi connectivity index (χ0v) is 24.6. The van der Waals surface area contributed by atoms with E-state index in [1.54, 1.807) is 32.1 Å². The van der Waals surface area contributed by atoms with Crippen LogP contribution in [0.3, 0.4) is 0 Å². The zero-order chi connectivity index (χ0) is 29.5. The Labute approximate surface area is 243 Å². The molecule has 1 aliphatic rings. The largest absolute Gasteiger partial charge is 0.497 e. The van der Waals surface area contributed by atoms with E-state index < -0.39 is 0 Å². The fourth-order valence-corrected chi connectivity index (χ4v) is 6.28. The SMILES string of the molecule is COc1ccc(Cn2c(=O)c3cnn(C4CCC(=O)CC4)c3c3ccc(-c4c(C)cnc(OC)c4C)cc32)c(OC)c1. The summed E-state index contributed by atoms with van der Waals surface area (Å²) in [5, 5.41) is 6.19. The topological polar surface area (TPSA) is 97.5 Å². The maximum absolute atomic E-state index is 14.3. The quantitative estimate of drug-likeness (QED) is 0.246. The summed E-state index contributed by atoms with van der Waals surface area (Å²) < 4.78 is 20.4. The Balaban J connectivity index is 1.62. The van der Waals surface area contributed by atoms with Crippen molar-refractivity contribution in [3.05, 3.63) is 75.8 Å². The minimum atomic E-state index is -0.133. The third-order valence-corrected chi connectivity index (χ3v) is 8.44. The average molecular weight is 567 g/mol. The zero-order valence-electron chi connectivity index (χ0n) is 24.6. The van der Waals surface area contributed by atoms with Crippen molar-refractivity contribution in [2.45, 2.75) is 52.1 Å². The number of nitrogens with zero attached hydrogens (tertiary/aromatic N) is 4. The molecule has 1 aliphatic carbocycles. The first-order valence-electron chi connectivity index (χ1n) is 14.1. The van der Waals surface area contributed by atoms with Gasteiger partial charge in [0.1, 0.15) is 17.3 Å². The van der Waals surface area contributed by atoms with E-state index in [1.165, 1.54) is 0 Å². The van der Waals surface area contributed by atoms with Crippen molar-refractivity contribution in [1.29, 1.82) is 0 Å². The van der Waals surface area contributed by atoms with Crippen LogP contribution in [0.5, 0.6) is 17.4 Å². The number of hydrogen-bond donors (Lipinski definition) is 0. The Morgan fingerprint density at radius 2 is 1.69 bits per heavy atom. The van der Waals surface area contributed by atoms with Gasteiger partial charge in [-0.25, -0.2) is 4.98 Å². The molecule has 0 bridgehead atoms. The van der Waals surface area contributed by atoms with Gasteiger partial charge in [-0.1, -0.05) is 12.1 Å². The molecule has 0 radical (unpaired) electrons. The first-order chi connectivity index (χ1) is 20.3. The van der Waals surface area contributed by atoms with Gasteiger partial charge in [0.05, 0.1) is 56.5 Å². The molecule has 0 amide bonds. The van der Waals surface area contributed by atoms with Gasteiger partial charge in [-0.05, 0) is 61.6 Å². The summed E-state index contributed by atoms with van der Waals surface area (Å²) >= 11 is 0. The molecule has 0 atom stereocenters. The summed E-state index contributed by atoms with van der Waals surface area (Å²) in [6.45, 7) is 4.32. The van der Waals surface area contributed by atoms with E-state index in [0.717, 1.165) is 57.1 Å². The Morgan fingerprint density at radius 3 is 2.40 bits per heavy atom. The summed E-state index contributed by atoms with van der Waals surface area (Å²) in [6.07, 6.45) is 5.98. The molecule has 42 heavy (non-hydrogen) atoms. The van der Waals surface area contributed by atoms with Gasteiger partial charge in [0.15, 0.2) is 0 Å². The van der Waals surface area contributed by atoms with E-state index >= 15 is 0 Å². The van der Waals surface area contributed by atoms with Gasteiger partial charge >= 0.3 is 0 Å². The second-order valence-corrected chi connectivity index (χ2v) is 10.9. The van der Waals surface area contributed by atoms with Crippen LogP contribution in [-0.2, 0) is 11.3 Å². The first kappa shape index (κ1) is 27.5. The predicted molar refractivity (Wildman–Crippen MR) is 162 cm³/mol. The molecule has 1 saturated carbocycles.